The molecule has 0 aliphatic carbocycles. The normalized spacial score (nSPS) is 10.4. The van der Waals surface area contributed by atoms with Gasteiger partial charge in [-0.1, -0.05) is 24.3 Å². The van der Waals surface area contributed by atoms with Crippen molar-refractivity contribution in [2.45, 2.75) is 0 Å². The highest BCUT2D eigenvalue weighted by atomic mass is 16.4. The first-order valence-electron chi connectivity index (χ1n) is 8.51. The van der Waals surface area contributed by atoms with Gasteiger partial charge in [-0.05, 0) is 58.7 Å². The molecule has 0 aromatic heterocycles. The zero-order chi connectivity index (χ0) is 22.0. The van der Waals surface area contributed by atoms with Crippen molar-refractivity contribution in [3.63, 3.8) is 0 Å². The summed E-state index contributed by atoms with van der Waals surface area (Å²) in [5.41, 5.74) is 0.141. The third-order valence-corrected chi connectivity index (χ3v) is 4.46. The molecule has 8 nitrogen and oxygen atoms in total. The van der Waals surface area contributed by atoms with Gasteiger partial charge in [0.05, 0.1) is 22.3 Å². The van der Waals surface area contributed by atoms with Crippen molar-refractivity contribution >= 4 is 23.9 Å². The van der Waals surface area contributed by atoms with E-state index in [0.717, 1.165) is 12.1 Å². The van der Waals surface area contributed by atoms with Crippen LogP contribution in [0.2, 0.25) is 0 Å². The lowest BCUT2D eigenvalue weighted by molar-refractivity contribution is 0.0651. The Balaban J connectivity index is 2.38. The fraction of sp³-hybridized carbons (Fsp3) is 0. The van der Waals surface area contributed by atoms with Gasteiger partial charge >= 0.3 is 23.9 Å². The third-order valence-electron chi connectivity index (χ3n) is 4.46. The Bertz CT molecular complexity index is 1120. The second-order valence-electron chi connectivity index (χ2n) is 6.33. The summed E-state index contributed by atoms with van der Waals surface area (Å²) in [7, 11) is 0. The van der Waals surface area contributed by atoms with Crippen LogP contribution in [0.15, 0.2) is 60.7 Å². The van der Waals surface area contributed by atoms with E-state index in [1.807, 2.05) is 0 Å². The minimum atomic E-state index is -1.46. The van der Waals surface area contributed by atoms with Gasteiger partial charge in [0.15, 0.2) is 0 Å². The molecule has 3 aromatic carbocycles. The molecule has 3 aromatic rings. The van der Waals surface area contributed by atoms with Crippen LogP contribution in [0.25, 0.3) is 22.3 Å². The van der Waals surface area contributed by atoms with Crippen LogP contribution in [0, 0.1) is 0 Å². The molecule has 0 saturated heterocycles. The molecule has 0 amide bonds. The minimum Gasteiger partial charge on any atom is -0.478 e. The summed E-state index contributed by atoms with van der Waals surface area (Å²) in [6.45, 7) is 0. The number of benzene rings is 3. The van der Waals surface area contributed by atoms with Crippen molar-refractivity contribution in [2.24, 2.45) is 0 Å². The van der Waals surface area contributed by atoms with Crippen molar-refractivity contribution in [2.75, 3.05) is 0 Å². The van der Waals surface area contributed by atoms with Crippen molar-refractivity contribution in [3.8, 4) is 22.3 Å². The van der Waals surface area contributed by atoms with Crippen LogP contribution < -0.4 is 0 Å². The van der Waals surface area contributed by atoms with Crippen LogP contribution >= 0.6 is 0 Å². The molecule has 30 heavy (non-hydrogen) atoms. The number of carboxylic acids is 4. The molecule has 3 rings (SSSR count). The maximum absolute atomic E-state index is 11.6. The molecular formula is C22H14O8. The van der Waals surface area contributed by atoms with Crippen LogP contribution in [0.5, 0.6) is 0 Å². The lowest BCUT2D eigenvalue weighted by Crippen LogP contribution is -2.09. The minimum absolute atomic E-state index is 0.0445. The first kappa shape index (κ1) is 20.3. The number of carbonyl (C=O) groups is 4. The van der Waals surface area contributed by atoms with Gasteiger partial charge in [-0.15, -0.1) is 0 Å². The summed E-state index contributed by atoms with van der Waals surface area (Å²) < 4.78 is 0. The highest BCUT2D eigenvalue weighted by Gasteiger charge is 2.22. The summed E-state index contributed by atoms with van der Waals surface area (Å²) >= 11 is 0. The summed E-state index contributed by atoms with van der Waals surface area (Å²) in [4.78, 5) is 46.0. The quantitative estimate of drug-likeness (QED) is 0.483. The van der Waals surface area contributed by atoms with E-state index in [0.29, 0.717) is 11.1 Å². The van der Waals surface area contributed by atoms with Crippen LogP contribution in [0.4, 0.5) is 0 Å². The van der Waals surface area contributed by atoms with E-state index >= 15 is 0 Å². The average molecular weight is 406 g/mol. The Labute approximate surface area is 169 Å². The monoisotopic (exact) mass is 406 g/mol. The van der Waals surface area contributed by atoms with E-state index < -0.39 is 35.0 Å². The fourth-order valence-electron chi connectivity index (χ4n) is 3.07. The summed E-state index contributed by atoms with van der Waals surface area (Å²) in [5.74, 6) is -5.30. The van der Waals surface area contributed by atoms with E-state index in [4.69, 9.17) is 0 Å². The second-order valence-corrected chi connectivity index (χ2v) is 6.33. The molecule has 0 spiro atoms. The highest BCUT2D eigenvalue weighted by molar-refractivity contribution is 6.05. The molecule has 0 radical (unpaired) electrons. The van der Waals surface area contributed by atoms with Gasteiger partial charge in [0, 0.05) is 0 Å². The van der Waals surface area contributed by atoms with Crippen molar-refractivity contribution in [1.29, 1.82) is 0 Å². The molecular weight excluding hydrogens is 392 g/mol. The van der Waals surface area contributed by atoms with Crippen LogP contribution in [0.3, 0.4) is 0 Å². The molecule has 150 valence electrons. The van der Waals surface area contributed by atoms with Gasteiger partial charge < -0.3 is 20.4 Å². The second kappa shape index (κ2) is 7.88. The molecule has 0 unspecified atom stereocenters. The van der Waals surface area contributed by atoms with E-state index in [9.17, 15) is 39.6 Å². The van der Waals surface area contributed by atoms with Gasteiger partial charge in [-0.25, -0.2) is 19.2 Å². The van der Waals surface area contributed by atoms with Gasteiger partial charge in [0.1, 0.15) is 0 Å². The summed E-state index contributed by atoms with van der Waals surface area (Å²) in [6, 6.07) is 13.7. The Morgan fingerprint density at radius 3 is 1.17 bits per heavy atom. The van der Waals surface area contributed by atoms with Crippen LogP contribution in [-0.2, 0) is 0 Å². The lowest BCUT2D eigenvalue weighted by Gasteiger charge is -2.15. The van der Waals surface area contributed by atoms with Gasteiger partial charge in [0.2, 0.25) is 0 Å². The number of carboxylic acid groups (broad SMARTS) is 4. The largest absolute Gasteiger partial charge is 0.478 e. The fourth-order valence-corrected chi connectivity index (χ4v) is 3.07. The molecule has 0 bridgehead atoms. The van der Waals surface area contributed by atoms with Crippen molar-refractivity contribution < 1.29 is 39.6 Å². The van der Waals surface area contributed by atoms with Crippen LogP contribution in [0.1, 0.15) is 41.4 Å². The first-order chi connectivity index (χ1) is 14.2. The molecule has 0 aliphatic rings. The Hall–Kier alpha value is -4.46. The number of hydrogen-bond donors (Lipinski definition) is 4. The Morgan fingerprint density at radius 2 is 0.867 bits per heavy atom. The van der Waals surface area contributed by atoms with Crippen molar-refractivity contribution in [1.82, 2.24) is 0 Å². The van der Waals surface area contributed by atoms with Gasteiger partial charge in [0.25, 0.3) is 0 Å². The molecule has 0 heterocycles. The molecule has 0 fully saturated rings. The van der Waals surface area contributed by atoms with E-state index in [1.54, 1.807) is 12.1 Å². The predicted octanol–water partition coefficient (Wildman–Crippen LogP) is 3.81. The SMILES string of the molecule is O=C(O)c1cccc(-c2cc(C(=O)O)c(C(=O)O)cc2-c2cccc(C(=O)O)c2)c1. The number of rotatable bonds is 6. The maximum atomic E-state index is 11.6. The van der Waals surface area contributed by atoms with Gasteiger partial charge in [-0.2, -0.15) is 0 Å². The smallest absolute Gasteiger partial charge is 0.336 e. The molecule has 0 saturated carbocycles. The average Bonchev–Trinajstić information content (AvgIpc) is 2.72. The summed E-state index contributed by atoms with van der Waals surface area (Å²) in [5, 5.41) is 37.5. The number of hydrogen-bond acceptors (Lipinski definition) is 4. The van der Waals surface area contributed by atoms with E-state index in [1.165, 1.54) is 36.4 Å². The topological polar surface area (TPSA) is 149 Å². The Kier molecular flexibility index (Phi) is 5.33. The zero-order valence-electron chi connectivity index (χ0n) is 15.2. The summed E-state index contributed by atoms with van der Waals surface area (Å²) in [6.07, 6.45) is 0. The predicted molar refractivity (Wildman–Crippen MR) is 105 cm³/mol. The number of aromatic carboxylic acids is 4. The molecule has 8 heteroatoms. The first-order valence-corrected chi connectivity index (χ1v) is 8.51. The van der Waals surface area contributed by atoms with Gasteiger partial charge in [-0.3, -0.25) is 0 Å². The molecule has 0 atom stereocenters. The third kappa shape index (κ3) is 3.88. The molecule has 4 N–H and O–H groups in total. The Morgan fingerprint density at radius 1 is 0.500 bits per heavy atom. The van der Waals surface area contributed by atoms with Crippen LogP contribution in [-0.4, -0.2) is 44.3 Å². The maximum Gasteiger partial charge on any atom is 0.336 e. The lowest BCUT2D eigenvalue weighted by atomic mass is 9.89. The highest BCUT2D eigenvalue weighted by Crippen LogP contribution is 2.35. The molecule has 0 aliphatic heterocycles. The standard InChI is InChI=1S/C22H14O8/c23-19(24)13-5-1-3-11(7-13)15-9-17(21(27)28)18(22(29)30)10-16(15)12-4-2-6-14(8-12)20(25)26/h1-10H,(H,23,24)(H,25,26)(H,27,28)(H,29,30). The zero-order valence-corrected chi connectivity index (χ0v) is 15.2. The van der Waals surface area contributed by atoms with E-state index in [2.05, 4.69) is 0 Å². The van der Waals surface area contributed by atoms with Crippen molar-refractivity contribution in [3.05, 3.63) is 82.9 Å². The van der Waals surface area contributed by atoms with E-state index in [-0.39, 0.29) is 22.3 Å².